The van der Waals surface area contributed by atoms with E-state index in [2.05, 4.69) is 19.7 Å². The summed E-state index contributed by atoms with van der Waals surface area (Å²) in [7, 11) is 0. The fraction of sp³-hybridized carbons (Fsp3) is 0.111. The van der Waals surface area contributed by atoms with Crippen molar-refractivity contribution in [3.63, 3.8) is 0 Å². The standard InChI is InChI=1S/C9H7N5S/c1-6-12-9(15-14-6)13-8-3-2-7(4-10)5-11-8/h2-3,5H,1H3,(H,11,12,13,14). The van der Waals surface area contributed by atoms with Gasteiger partial charge in [-0.1, -0.05) is 0 Å². The molecule has 6 heteroatoms. The molecule has 0 atom stereocenters. The third-order valence-corrected chi connectivity index (χ3v) is 2.38. The normalized spacial score (nSPS) is 9.60. The molecule has 0 spiro atoms. The minimum Gasteiger partial charge on any atom is -0.315 e. The van der Waals surface area contributed by atoms with Gasteiger partial charge in [-0.05, 0) is 19.1 Å². The summed E-state index contributed by atoms with van der Waals surface area (Å²) >= 11 is 1.28. The highest BCUT2D eigenvalue weighted by Gasteiger charge is 2.01. The van der Waals surface area contributed by atoms with Crippen LogP contribution in [0.2, 0.25) is 0 Å². The van der Waals surface area contributed by atoms with E-state index in [4.69, 9.17) is 5.26 Å². The highest BCUT2D eigenvalue weighted by Crippen LogP contribution is 2.16. The van der Waals surface area contributed by atoms with Gasteiger partial charge in [0.1, 0.15) is 17.7 Å². The number of anilines is 2. The van der Waals surface area contributed by atoms with Gasteiger partial charge in [-0.2, -0.15) is 9.64 Å². The molecule has 0 radical (unpaired) electrons. The van der Waals surface area contributed by atoms with Crippen LogP contribution in [0.25, 0.3) is 0 Å². The van der Waals surface area contributed by atoms with Crippen molar-refractivity contribution in [1.82, 2.24) is 14.3 Å². The van der Waals surface area contributed by atoms with E-state index in [-0.39, 0.29) is 0 Å². The van der Waals surface area contributed by atoms with Gasteiger partial charge in [-0.3, -0.25) is 0 Å². The van der Waals surface area contributed by atoms with Gasteiger partial charge >= 0.3 is 0 Å². The number of hydrogen-bond acceptors (Lipinski definition) is 6. The maximum atomic E-state index is 8.59. The Bertz CT molecular complexity index is 496. The number of rotatable bonds is 2. The number of nitriles is 1. The van der Waals surface area contributed by atoms with Crippen molar-refractivity contribution < 1.29 is 0 Å². The zero-order valence-corrected chi connectivity index (χ0v) is 8.75. The third-order valence-electron chi connectivity index (χ3n) is 1.66. The second kappa shape index (κ2) is 4.02. The Morgan fingerprint density at radius 2 is 2.33 bits per heavy atom. The minimum atomic E-state index is 0.536. The molecule has 74 valence electrons. The predicted molar refractivity (Wildman–Crippen MR) is 56.9 cm³/mol. The van der Waals surface area contributed by atoms with Crippen LogP contribution in [0.15, 0.2) is 18.3 Å². The zero-order valence-electron chi connectivity index (χ0n) is 7.93. The second-order valence-corrected chi connectivity index (χ2v) is 3.57. The Labute approximate surface area is 90.6 Å². The van der Waals surface area contributed by atoms with Crippen molar-refractivity contribution >= 4 is 22.5 Å². The number of aryl methyl sites for hydroxylation is 1. The van der Waals surface area contributed by atoms with Gasteiger partial charge in [0.2, 0.25) is 5.13 Å². The molecule has 0 aliphatic carbocycles. The first kappa shape index (κ1) is 9.55. The topological polar surface area (TPSA) is 74.5 Å². The van der Waals surface area contributed by atoms with E-state index in [0.717, 1.165) is 5.82 Å². The lowest BCUT2D eigenvalue weighted by Crippen LogP contribution is -1.92. The maximum absolute atomic E-state index is 8.59. The molecule has 2 aromatic heterocycles. The summed E-state index contributed by atoms with van der Waals surface area (Å²) in [4.78, 5) is 8.20. The molecule has 0 amide bonds. The van der Waals surface area contributed by atoms with E-state index < -0.39 is 0 Å². The molecular formula is C9H7N5S. The predicted octanol–water partition coefficient (Wildman–Crippen LogP) is 1.86. The third kappa shape index (κ3) is 2.27. The molecule has 5 nitrogen and oxygen atoms in total. The van der Waals surface area contributed by atoms with Crippen molar-refractivity contribution in [2.24, 2.45) is 0 Å². The van der Waals surface area contributed by atoms with Crippen LogP contribution in [-0.4, -0.2) is 14.3 Å². The van der Waals surface area contributed by atoms with Gasteiger partial charge in [0, 0.05) is 17.7 Å². The summed E-state index contributed by atoms with van der Waals surface area (Å²) in [6.45, 7) is 1.83. The van der Waals surface area contributed by atoms with Crippen LogP contribution in [0.4, 0.5) is 10.9 Å². The Kier molecular flexibility index (Phi) is 2.56. The first-order chi connectivity index (χ1) is 7.28. The van der Waals surface area contributed by atoms with E-state index in [0.29, 0.717) is 16.5 Å². The highest BCUT2D eigenvalue weighted by atomic mass is 32.1. The average molecular weight is 217 g/mol. The van der Waals surface area contributed by atoms with Crippen LogP contribution in [-0.2, 0) is 0 Å². The zero-order chi connectivity index (χ0) is 10.7. The molecule has 2 aromatic rings. The fourth-order valence-corrected chi connectivity index (χ4v) is 1.57. The summed E-state index contributed by atoms with van der Waals surface area (Å²) in [6, 6.07) is 5.44. The molecular weight excluding hydrogens is 210 g/mol. The van der Waals surface area contributed by atoms with Gasteiger partial charge in [-0.25, -0.2) is 9.97 Å². The van der Waals surface area contributed by atoms with E-state index in [1.165, 1.54) is 17.7 Å². The lowest BCUT2D eigenvalue weighted by Gasteiger charge is -1.99. The van der Waals surface area contributed by atoms with Gasteiger partial charge in [0.15, 0.2) is 0 Å². The first-order valence-electron chi connectivity index (χ1n) is 4.21. The largest absolute Gasteiger partial charge is 0.315 e. The number of aromatic nitrogens is 3. The Morgan fingerprint density at radius 1 is 1.47 bits per heavy atom. The van der Waals surface area contributed by atoms with Gasteiger partial charge in [0.25, 0.3) is 0 Å². The highest BCUT2D eigenvalue weighted by molar-refractivity contribution is 7.09. The first-order valence-corrected chi connectivity index (χ1v) is 4.99. The summed E-state index contributed by atoms with van der Waals surface area (Å²) < 4.78 is 4.03. The molecule has 15 heavy (non-hydrogen) atoms. The SMILES string of the molecule is Cc1nsc(Nc2ccc(C#N)cn2)n1. The Balaban J connectivity index is 2.15. The van der Waals surface area contributed by atoms with E-state index >= 15 is 0 Å². The molecule has 0 aromatic carbocycles. The summed E-state index contributed by atoms with van der Waals surface area (Å²) in [6.07, 6.45) is 1.51. The lowest BCUT2D eigenvalue weighted by atomic mass is 10.3. The molecule has 2 heterocycles. The molecule has 2 rings (SSSR count). The van der Waals surface area contributed by atoms with Crippen molar-refractivity contribution in [2.75, 3.05) is 5.32 Å². The van der Waals surface area contributed by atoms with Crippen molar-refractivity contribution in [3.05, 3.63) is 29.7 Å². The van der Waals surface area contributed by atoms with Gasteiger partial charge in [0.05, 0.1) is 5.56 Å². The van der Waals surface area contributed by atoms with Gasteiger partial charge < -0.3 is 5.32 Å². The summed E-state index contributed by atoms with van der Waals surface area (Å²) in [5.41, 5.74) is 0.536. The van der Waals surface area contributed by atoms with Crippen LogP contribution in [0.1, 0.15) is 11.4 Å². The Hall–Kier alpha value is -2.00. The number of nitrogens with zero attached hydrogens (tertiary/aromatic N) is 4. The quantitative estimate of drug-likeness (QED) is 0.831. The maximum Gasteiger partial charge on any atom is 0.208 e. The van der Waals surface area contributed by atoms with Crippen LogP contribution >= 0.6 is 11.5 Å². The molecule has 0 fully saturated rings. The smallest absolute Gasteiger partial charge is 0.208 e. The minimum absolute atomic E-state index is 0.536. The van der Waals surface area contributed by atoms with Gasteiger partial charge in [-0.15, -0.1) is 0 Å². The number of hydrogen-bond donors (Lipinski definition) is 1. The molecule has 0 saturated carbocycles. The van der Waals surface area contributed by atoms with E-state index in [1.54, 1.807) is 12.1 Å². The van der Waals surface area contributed by atoms with Crippen LogP contribution in [0.5, 0.6) is 0 Å². The molecule has 0 unspecified atom stereocenters. The Morgan fingerprint density at radius 3 is 2.87 bits per heavy atom. The number of nitrogens with one attached hydrogen (secondary N) is 1. The van der Waals surface area contributed by atoms with Crippen molar-refractivity contribution in [3.8, 4) is 6.07 Å². The molecule has 1 N–H and O–H groups in total. The molecule has 0 bridgehead atoms. The monoisotopic (exact) mass is 217 g/mol. The van der Waals surface area contributed by atoms with Crippen LogP contribution < -0.4 is 5.32 Å². The van der Waals surface area contributed by atoms with E-state index in [9.17, 15) is 0 Å². The van der Waals surface area contributed by atoms with E-state index in [1.807, 2.05) is 13.0 Å². The summed E-state index contributed by atoms with van der Waals surface area (Å²) in [5.74, 6) is 1.39. The average Bonchev–Trinajstić information content (AvgIpc) is 2.65. The molecule has 0 aliphatic heterocycles. The van der Waals surface area contributed by atoms with Crippen LogP contribution in [0.3, 0.4) is 0 Å². The summed E-state index contributed by atoms with van der Waals surface area (Å²) in [5, 5.41) is 12.3. The molecule has 0 aliphatic rings. The van der Waals surface area contributed by atoms with Crippen molar-refractivity contribution in [2.45, 2.75) is 6.92 Å². The lowest BCUT2D eigenvalue weighted by molar-refractivity contribution is 1.16. The number of pyridine rings is 1. The fourth-order valence-electron chi connectivity index (χ4n) is 0.991. The van der Waals surface area contributed by atoms with Crippen LogP contribution in [0, 0.1) is 18.3 Å². The second-order valence-electron chi connectivity index (χ2n) is 2.82. The molecule has 0 saturated heterocycles. The van der Waals surface area contributed by atoms with Crippen molar-refractivity contribution in [1.29, 1.82) is 5.26 Å².